The summed E-state index contributed by atoms with van der Waals surface area (Å²) in [7, 11) is 0. The maximum Gasteiger partial charge on any atom is 0.255 e. The molecule has 0 aliphatic carbocycles. The van der Waals surface area contributed by atoms with Gasteiger partial charge in [-0.3, -0.25) is 9.59 Å². The summed E-state index contributed by atoms with van der Waals surface area (Å²) in [5.41, 5.74) is 2.42. The first-order chi connectivity index (χ1) is 15.5. The fraction of sp³-hybridized carbons (Fsp3) is 0.462. The van der Waals surface area contributed by atoms with E-state index in [2.05, 4.69) is 37.9 Å². The van der Waals surface area contributed by atoms with Crippen molar-refractivity contribution >= 4 is 46.4 Å². The predicted octanol–water partition coefficient (Wildman–Crippen LogP) is 6.36. The van der Waals surface area contributed by atoms with E-state index in [1.807, 2.05) is 29.2 Å². The number of hydrogen-bond acceptors (Lipinski definition) is 3. The van der Waals surface area contributed by atoms with Crippen molar-refractivity contribution in [2.24, 2.45) is 11.3 Å². The topological polar surface area (TPSA) is 52.7 Å². The van der Waals surface area contributed by atoms with Crippen LogP contribution in [0.3, 0.4) is 0 Å². The largest absolute Gasteiger partial charge is 0.368 e. The lowest BCUT2D eigenvalue weighted by molar-refractivity contribution is -0.132. The third-order valence-electron chi connectivity index (χ3n) is 5.73. The smallest absolute Gasteiger partial charge is 0.255 e. The number of nitrogens with one attached hydrogen (secondary N) is 1. The van der Waals surface area contributed by atoms with Gasteiger partial charge in [0.05, 0.1) is 0 Å². The van der Waals surface area contributed by atoms with Crippen molar-refractivity contribution in [3.63, 3.8) is 0 Å². The number of nitrogens with zero attached hydrogens (tertiary/aromatic N) is 2. The number of piperazine rings is 1. The summed E-state index contributed by atoms with van der Waals surface area (Å²) in [5, 5.41) is 3.71. The predicted molar refractivity (Wildman–Crippen MR) is 138 cm³/mol. The molecule has 1 atom stereocenters. The van der Waals surface area contributed by atoms with Gasteiger partial charge in [0.2, 0.25) is 5.91 Å². The third kappa shape index (κ3) is 7.65. The summed E-state index contributed by atoms with van der Waals surface area (Å²) in [6.45, 7) is 11.9. The van der Waals surface area contributed by atoms with Gasteiger partial charge < -0.3 is 15.1 Å². The Kier molecular flexibility index (Phi) is 8.30. The van der Waals surface area contributed by atoms with Crippen molar-refractivity contribution in [3.8, 4) is 0 Å². The Morgan fingerprint density at radius 1 is 0.970 bits per heavy atom. The maximum atomic E-state index is 12.7. The van der Waals surface area contributed by atoms with E-state index in [4.69, 9.17) is 23.2 Å². The monoisotopic (exact) mass is 489 g/mol. The molecule has 0 spiro atoms. The molecule has 2 aromatic rings. The van der Waals surface area contributed by atoms with Crippen molar-refractivity contribution in [2.75, 3.05) is 36.4 Å². The van der Waals surface area contributed by atoms with E-state index in [1.54, 1.807) is 18.2 Å². The summed E-state index contributed by atoms with van der Waals surface area (Å²) in [6.07, 6.45) is 1.66. The van der Waals surface area contributed by atoms with Crippen molar-refractivity contribution in [3.05, 3.63) is 58.1 Å². The molecule has 1 saturated heterocycles. The molecule has 1 aliphatic heterocycles. The van der Waals surface area contributed by atoms with Crippen LogP contribution in [0.5, 0.6) is 0 Å². The second-order valence-electron chi connectivity index (χ2n) is 10.1. The number of amides is 2. The minimum Gasteiger partial charge on any atom is -0.368 e. The first kappa shape index (κ1) is 25.4. The number of hydrogen-bond donors (Lipinski definition) is 1. The minimum absolute atomic E-state index is 0.241. The van der Waals surface area contributed by atoms with Gasteiger partial charge in [-0.15, -0.1) is 0 Å². The summed E-state index contributed by atoms with van der Waals surface area (Å²) < 4.78 is 0. The Hall–Kier alpha value is -2.24. The highest BCUT2D eigenvalue weighted by Gasteiger charge is 2.24. The van der Waals surface area contributed by atoms with Crippen LogP contribution in [0.25, 0.3) is 0 Å². The molecule has 2 aromatic carbocycles. The molecule has 1 fully saturated rings. The molecule has 3 rings (SSSR count). The highest BCUT2D eigenvalue weighted by molar-refractivity contribution is 6.35. The van der Waals surface area contributed by atoms with Gasteiger partial charge in [-0.25, -0.2) is 0 Å². The van der Waals surface area contributed by atoms with E-state index in [1.165, 1.54) is 0 Å². The van der Waals surface area contributed by atoms with Gasteiger partial charge in [-0.1, -0.05) is 50.9 Å². The van der Waals surface area contributed by atoms with Crippen LogP contribution < -0.4 is 10.2 Å². The van der Waals surface area contributed by atoms with Crippen LogP contribution in [0.2, 0.25) is 10.0 Å². The highest BCUT2D eigenvalue weighted by atomic mass is 35.5. The average molecular weight is 490 g/mol. The number of carbonyl (C=O) groups is 2. The molecule has 1 N–H and O–H groups in total. The first-order valence-corrected chi connectivity index (χ1v) is 12.2. The van der Waals surface area contributed by atoms with E-state index in [0.29, 0.717) is 33.6 Å². The van der Waals surface area contributed by atoms with Crippen LogP contribution in [-0.2, 0) is 4.79 Å². The van der Waals surface area contributed by atoms with Crippen molar-refractivity contribution in [1.29, 1.82) is 0 Å². The van der Waals surface area contributed by atoms with Crippen molar-refractivity contribution in [2.45, 2.75) is 40.5 Å². The molecule has 1 aliphatic rings. The lowest BCUT2D eigenvalue weighted by Gasteiger charge is -2.37. The number of anilines is 2. The highest BCUT2D eigenvalue weighted by Crippen LogP contribution is 2.27. The zero-order valence-electron chi connectivity index (χ0n) is 19.8. The van der Waals surface area contributed by atoms with Crippen LogP contribution in [0.1, 0.15) is 50.9 Å². The lowest BCUT2D eigenvalue weighted by atomic mass is 9.84. The van der Waals surface area contributed by atoms with E-state index < -0.39 is 0 Å². The van der Waals surface area contributed by atoms with Gasteiger partial charge in [0.15, 0.2) is 0 Å². The van der Waals surface area contributed by atoms with Crippen LogP contribution in [-0.4, -0.2) is 42.9 Å². The molecular formula is C26H33Cl2N3O2. The molecule has 33 heavy (non-hydrogen) atoms. The number of halogens is 2. The van der Waals surface area contributed by atoms with Gasteiger partial charge in [0, 0.05) is 59.6 Å². The van der Waals surface area contributed by atoms with Crippen molar-refractivity contribution in [1.82, 2.24) is 4.90 Å². The maximum absolute atomic E-state index is 12.7. The van der Waals surface area contributed by atoms with Crippen LogP contribution >= 0.6 is 23.2 Å². The Morgan fingerprint density at radius 3 is 2.09 bits per heavy atom. The van der Waals surface area contributed by atoms with Crippen LogP contribution in [0.4, 0.5) is 11.4 Å². The molecule has 0 aromatic heterocycles. The van der Waals surface area contributed by atoms with Crippen molar-refractivity contribution < 1.29 is 9.59 Å². The Bertz CT molecular complexity index is 958. The standard InChI is InChI=1S/C26H33Cl2N3O2/c1-18(17-26(2,3)4)13-24(32)31-11-9-30(10-12-31)23-7-5-22(6-8-23)29-25(33)19-14-20(27)16-21(28)15-19/h5-8,14-16,18H,9-13,17H2,1-4H3,(H,29,33). The first-order valence-electron chi connectivity index (χ1n) is 11.4. The number of rotatable bonds is 6. The Balaban J connectivity index is 1.51. The zero-order valence-corrected chi connectivity index (χ0v) is 21.3. The van der Waals surface area contributed by atoms with Crippen LogP contribution in [0.15, 0.2) is 42.5 Å². The Morgan fingerprint density at radius 2 is 1.55 bits per heavy atom. The number of carbonyl (C=O) groups excluding carboxylic acids is 2. The molecule has 2 amide bonds. The van der Waals surface area contributed by atoms with Gasteiger partial charge in [0.25, 0.3) is 5.91 Å². The quantitative estimate of drug-likeness (QED) is 0.513. The molecule has 7 heteroatoms. The molecular weight excluding hydrogens is 457 g/mol. The van der Waals surface area contributed by atoms with Crippen LogP contribution in [0, 0.1) is 11.3 Å². The van der Waals surface area contributed by atoms with E-state index >= 15 is 0 Å². The summed E-state index contributed by atoms with van der Waals surface area (Å²) in [4.78, 5) is 29.4. The third-order valence-corrected chi connectivity index (χ3v) is 6.17. The summed E-state index contributed by atoms with van der Waals surface area (Å²) >= 11 is 12.0. The fourth-order valence-corrected chi connectivity index (χ4v) is 4.93. The van der Waals surface area contributed by atoms with Gasteiger partial charge in [0.1, 0.15) is 0 Å². The molecule has 5 nitrogen and oxygen atoms in total. The summed E-state index contributed by atoms with van der Waals surface area (Å²) in [6, 6.07) is 12.5. The SMILES string of the molecule is CC(CC(=O)N1CCN(c2ccc(NC(=O)c3cc(Cl)cc(Cl)c3)cc2)CC1)CC(C)(C)C. The lowest BCUT2D eigenvalue weighted by Crippen LogP contribution is -2.49. The molecule has 0 saturated carbocycles. The second-order valence-corrected chi connectivity index (χ2v) is 11.0. The summed E-state index contributed by atoms with van der Waals surface area (Å²) in [5.74, 6) is 0.381. The minimum atomic E-state index is -0.264. The number of benzene rings is 2. The van der Waals surface area contributed by atoms with Gasteiger partial charge >= 0.3 is 0 Å². The van der Waals surface area contributed by atoms with Gasteiger partial charge in [-0.05, 0) is 60.2 Å². The molecule has 1 unspecified atom stereocenters. The molecule has 178 valence electrons. The molecule has 0 bridgehead atoms. The second kappa shape index (κ2) is 10.8. The molecule has 1 heterocycles. The van der Waals surface area contributed by atoms with E-state index in [-0.39, 0.29) is 17.2 Å². The van der Waals surface area contributed by atoms with Gasteiger partial charge in [-0.2, -0.15) is 0 Å². The normalized spacial score (nSPS) is 15.3. The Labute approximate surface area is 207 Å². The fourth-order valence-electron chi connectivity index (χ4n) is 4.40. The average Bonchev–Trinajstić information content (AvgIpc) is 2.72. The molecule has 0 radical (unpaired) electrons. The van der Waals surface area contributed by atoms with E-state index in [9.17, 15) is 9.59 Å². The zero-order chi connectivity index (χ0) is 24.2. The van der Waals surface area contributed by atoms with E-state index in [0.717, 1.165) is 38.3 Å².